The van der Waals surface area contributed by atoms with Gasteiger partial charge in [0.05, 0.1) is 13.1 Å². The van der Waals surface area contributed by atoms with Gasteiger partial charge in [0.15, 0.2) is 0 Å². The predicted octanol–water partition coefficient (Wildman–Crippen LogP) is 2.15. The van der Waals surface area contributed by atoms with Gasteiger partial charge in [-0.15, -0.1) is 0 Å². The van der Waals surface area contributed by atoms with Gasteiger partial charge in [0, 0.05) is 18.5 Å². The molecule has 6 nitrogen and oxygen atoms in total. The van der Waals surface area contributed by atoms with Crippen molar-refractivity contribution < 1.29 is 14.0 Å². The molecule has 3 fully saturated rings. The summed E-state index contributed by atoms with van der Waals surface area (Å²) in [5, 5.41) is 5.79. The molecule has 6 heteroatoms. The van der Waals surface area contributed by atoms with Crippen LogP contribution in [0.1, 0.15) is 62.9 Å². The van der Waals surface area contributed by atoms with E-state index >= 15 is 0 Å². The Labute approximate surface area is 154 Å². The standard InChI is InChI=1S/C20H29N3O3/c1-13-10-16(13)18-8-7-15(26-18)11-23(14-5-6-14)12-19(24)22-17-4-2-3-9-21-20(17)25/h7-8,13-14,16-17H,2-6,9-12H2,1H3,(H,21,25)(H,22,24)/t13-,16-,17-/m1/s1. The van der Waals surface area contributed by atoms with Crippen molar-refractivity contribution in [1.82, 2.24) is 15.5 Å². The largest absolute Gasteiger partial charge is 0.464 e. The number of carbonyl (C=O) groups excluding carboxylic acids is 2. The van der Waals surface area contributed by atoms with E-state index in [4.69, 9.17) is 4.42 Å². The van der Waals surface area contributed by atoms with Crippen LogP contribution in [0.25, 0.3) is 0 Å². The van der Waals surface area contributed by atoms with Crippen molar-refractivity contribution in [2.75, 3.05) is 13.1 Å². The maximum absolute atomic E-state index is 12.5. The summed E-state index contributed by atoms with van der Waals surface area (Å²) in [6.45, 7) is 3.94. The Hall–Kier alpha value is -1.82. The number of carbonyl (C=O) groups is 2. The predicted molar refractivity (Wildman–Crippen MR) is 97.5 cm³/mol. The van der Waals surface area contributed by atoms with Gasteiger partial charge < -0.3 is 15.1 Å². The molecule has 2 aliphatic carbocycles. The van der Waals surface area contributed by atoms with Gasteiger partial charge in [-0.05, 0) is 56.6 Å². The molecule has 2 amide bonds. The fourth-order valence-corrected chi connectivity index (χ4v) is 3.85. The van der Waals surface area contributed by atoms with Gasteiger partial charge in [-0.2, -0.15) is 0 Å². The highest BCUT2D eigenvalue weighted by Gasteiger charge is 2.37. The second kappa shape index (κ2) is 7.43. The van der Waals surface area contributed by atoms with Crippen LogP contribution in [-0.4, -0.2) is 41.9 Å². The van der Waals surface area contributed by atoms with E-state index in [1.54, 1.807) is 0 Å². The number of rotatable bonds is 7. The van der Waals surface area contributed by atoms with E-state index in [-0.39, 0.29) is 11.8 Å². The first-order chi connectivity index (χ1) is 12.6. The highest BCUT2D eigenvalue weighted by atomic mass is 16.3. The third kappa shape index (κ3) is 4.29. The molecule has 2 N–H and O–H groups in total. The fraction of sp³-hybridized carbons (Fsp3) is 0.700. The molecule has 0 bridgehead atoms. The second-order valence-corrected chi connectivity index (χ2v) is 8.17. The molecule has 1 aromatic heterocycles. The average molecular weight is 359 g/mol. The van der Waals surface area contributed by atoms with Crippen molar-refractivity contribution in [2.45, 2.75) is 70.0 Å². The fourth-order valence-electron chi connectivity index (χ4n) is 3.85. The van der Waals surface area contributed by atoms with Crippen molar-refractivity contribution in [3.05, 3.63) is 23.7 Å². The van der Waals surface area contributed by atoms with E-state index in [1.165, 1.54) is 6.42 Å². The van der Waals surface area contributed by atoms with Crippen LogP contribution >= 0.6 is 0 Å². The molecule has 2 heterocycles. The van der Waals surface area contributed by atoms with Crippen LogP contribution in [0, 0.1) is 5.92 Å². The van der Waals surface area contributed by atoms with Gasteiger partial charge in [0.1, 0.15) is 17.6 Å². The SMILES string of the molecule is C[C@@H]1C[C@H]1c1ccc(CN(CC(=O)N[C@@H]2CCCCNC2=O)C2CC2)o1. The second-order valence-electron chi connectivity index (χ2n) is 8.17. The van der Waals surface area contributed by atoms with Crippen molar-refractivity contribution in [1.29, 1.82) is 0 Å². The van der Waals surface area contributed by atoms with E-state index in [2.05, 4.69) is 28.5 Å². The maximum atomic E-state index is 12.5. The highest BCUT2D eigenvalue weighted by Crippen LogP contribution is 2.47. The lowest BCUT2D eigenvalue weighted by Crippen LogP contribution is -2.48. The number of furan rings is 1. The number of nitrogens with one attached hydrogen (secondary N) is 2. The summed E-state index contributed by atoms with van der Waals surface area (Å²) in [7, 11) is 0. The third-order valence-electron chi connectivity index (χ3n) is 5.80. The van der Waals surface area contributed by atoms with Gasteiger partial charge in [0.2, 0.25) is 11.8 Å². The molecule has 3 aliphatic rings. The van der Waals surface area contributed by atoms with Crippen molar-refractivity contribution in [3.63, 3.8) is 0 Å². The Kier molecular flexibility index (Phi) is 5.02. The van der Waals surface area contributed by atoms with Crippen LogP contribution in [0.4, 0.5) is 0 Å². The zero-order valence-electron chi connectivity index (χ0n) is 15.5. The Bertz CT molecular complexity index is 667. The van der Waals surface area contributed by atoms with E-state index in [1.807, 2.05) is 6.07 Å². The zero-order chi connectivity index (χ0) is 18.1. The Morgan fingerprint density at radius 1 is 1.31 bits per heavy atom. The first kappa shape index (κ1) is 17.6. The molecule has 142 valence electrons. The first-order valence-corrected chi connectivity index (χ1v) is 10.00. The lowest BCUT2D eigenvalue weighted by Gasteiger charge is -2.22. The molecule has 4 rings (SSSR count). The molecule has 1 saturated heterocycles. The van der Waals surface area contributed by atoms with Gasteiger partial charge in [0.25, 0.3) is 0 Å². The summed E-state index contributed by atoms with van der Waals surface area (Å²) in [4.78, 5) is 26.7. The van der Waals surface area contributed by atoms with Crippen LogP contribution in [0.2, 0.25) is 0 Å². The monoisotopic (exact) mass is 359 g/mol. The summed E-state index contributed by atoms with van der Waals surface area (Å²) >= 11 is 0. The van der Waals surface area contributed by atoms with Gasteiger partial charge in [-0.25, -0.2) is 0 Å². The number of amides is 2. The number of hydrogen-bond acceptors (Lipinski definition) is 4. The minimum atomic E-state index is -0.391. The quantitative estimate of drug-likeness (QED) is 0.782. The third-order valence-corrected chi connectivity index (χ3v) is 5.80. The molecule has 1 aromatic rings. The van der Waals surface area contributed by atoms with E-state index in [9.17, 15) is 9.59 Å². The molecule has 2 saturated carbocycles. The van der Waals surface area contributed by atoms with Crippen molar-refractivity contribution in [2.24, 2.45) is 5.92 Å². The van der Waals surface area contributed by atoms with Gasteiger partial charge in [-0.1, -0.05) is 6.92 Å². The van der Waals surface area contributed by atoms with E-state index in [0.29, 0.717) is 31.6 Å². The van der Waals surface area contributed by atoms with Crippen molar-refractivity contribution >= 4 is 11.8 Å². The average Bonchev–Trinajstić information content (AvgIpc) is 3.52. The normalized spacial score (nSPS) is 28.5. The lowest BCUT2D eigenvalue weighted by atomic mass is 10.1. The number of nitrogens with zero attached hydrogens (tertiary/aromatic N) is 1. The number of hydrogen-bond donors (Lipinski definition) is 2. The summed E-state index contributed by atoms with van der Waals surface area (Å²) in [6, 6.07) is 4.20. The molecule has 3 atom stereocenters. The van der Waals surface area contributed by atoms with Crippen LogP contribution in [0.5, 0.6) is 0 Å². The first-order valence-electron chi connectivity index (χ1n) is 10.00. The summed E-state index contributed by atoms with van der Waals surface area (Å²) in [6.07, 6.45) is 6.14. The van der Waals surface area contributed by atoms with Gasteiger partial charge in [-0.3, -0.25) is 14.5 Å². The molecule has 0 aromatic carbocycles. The minimum Gasteiger partial charge on any atom is -0.464 e. The molecular formula is C20H29N3O3. The highest BCUT2D eigenvalue weighted by molar-refractivity contribution is 5.88. The molecule has 26 heavy (non-hydrogen) atoms. The van der Waals surface area contributed by atoms with Gasteiger partial charge >= 0.3 is 0 Å². The Morgan fingerprint density at radius 2 is 2.12 bits per heavy atom. The van der Waals surface area contributed by atoms with Crippen LogP contribution in [-0.2, 0) is 16.1 Å². The van der Waals surface area contributed by atoms with Crippen molar-refractivity contribution in [3.8, 4) is 0 Å². The van der Waals surface area contributed by atoms with Crippen LogP contribution in [0.3, 0.4) is 0 Å². The molecule has 0 radical (unpaired) electrons. The summed E-state index contributed by atoms with van der Waals surface area (Å²) in [5.41, 5.74) is 0. The van der Waals surface area contributed by atoms with E-state index < -0.39 is 6.04 Å². The zero-order valence-corrected chi connectivity index (χ0v) is 15.5. The Morgan fingerprint density at radius 3 is 2.85 bits per heavy atom. The summed E-state index contributed by atoms with van der Waals surface area (Å²) < 4.78 is 6.01. The molecular weight excluding hydrogens is 330 g/mol. The topological polar surface area (TPSA) is 74.6 Å². The van der Waals surface area contributed by atoms with Crippen LogP contribution in [0.15, 0.2) is 16.5 Å². The molecule has 0 unspecified atom stereocenters. The smallest absolute Gasteiger partial charge is 0.242 e. The summed E-state index contributed by atoms with van der Waals surface area (Å²) in [5.74, 6) is 3.21. The molecule has 0 spiro atoms. The van der Waals surface area contributed by atoms with E-state index in [0.717, 1.165) is 49.5 Å². The van der Waals surface area contributed by atoms with Crippen LogP contribution < -0.4 is 10.6 Å². The Balaban J connectivity index is 1.32. The molecule has 1 aliphatic heterocycles. The maximum Gasteiger partial charge on any atom is 0.242 e. The lowest BCUT2D eigenvalue weighted by molar-refractivity contribution is -0.129. The minimum absolute atomic E-state index is 0.0527.